The lowest BCUT2D eigenvalue weighted by atomic mass is 9.67. The molecule has 0 saturated carbocycles. The normalized spacial score (nSPS) is 26.0. The highest BCUT2D eigenvalue weighted by molar-refractivity contribution is 6.17. The smallest absolute Gasteiger partial charge is 0.320 e. The van der Waals surface area contributed by atoms with E-state index >= 15 is 0 Å². The zero-order valence-corrected chi connectivity index (χ0v) is 40.5. The monoisotopic (exact) mass is 843 g/mol. The molecule has 0 radical (unpaired) electrons. The number of esters is 1. The Morgan fingerprint density at radius 2 is 1.13 bits per heavy atom. The van der Waals surface area contributed by atoms with E-state index in [1.165, 1.54) is 27.8 Å². The van der Waals surface area contributed by atoms with E-state index in [1.54, 1.807) is 19.9 Å². The number of ketones is 2. The lowest BCUT2D eigenvalue weighted by Gasteiger charge is -2.38. The van der Waals surface area contributed by atoms with Gasteiger partial charge in [0.05, 0.1) is 19.3 Å². The molecule has 62 heavy (non-hydrogen) atoms. The second-order valence-corrected chi connectivity index (χ2v) is 20.3. The zero-order chi connectivity index (χ0) is 46.1. The Morgan fingerprint density at radius 3 is 1.68 bits per heavy atom. The van der Waals surface area contributed by atoms with Crippen molar-refractivity contribution in [3.63, 3.8) is 0 Å². The Hall–Kier alpha value is -4.39. The summed E-state index contributed by atoms with van der Waals surface area (Å²) in [6, 6.07) is 32.9. The number of Topliss-reactive ketones (excluding diaryl/α,β-unsaturated/α-hetero) is 2. The molecule has 4 aliphatic carbocycles. The van der Waals surface area contributed by atoms with Crippen molar-refractivity contribution in [3.8, 4) is 0 Å². The van der Waals surface area contributed by atoms with Gasteiger partial charge in [0.2, 0.25) is 0 Å². The van der Waals surface area contributed by atoms with Gasteiger partial charge in [0.1, 0.15) is 5.41 Å². The fourth-order valence-electron chi connectivity index (χ4n) is 10.2. The predicted octanol–water partition coefficient (Wildman–Crippen LogP) is 12.8. The summed E-state index contributed by atoms with van der Waals surface area (Å²) < 4.78 is 16.7. The number of fused-ring (bicyclic) bond motifs is 4. The first-order valence-corrected chi connectivity index (χ1v) is 22.8. The van der Waals surface area contributed by atoms with Crippen LogP contribution < -0.4 is 0 Å². The maximum absolute atomic E-state index is 12.5. The van der Waals surface area contributed by atoms with Gasteiger partial charge in [0.25, 0.3) is 0 Å². The molecular formula is C56H74O6. The second-order valence-electron chi connectivity index (χ2n) is 20.3. The molecule has 0 bridgehead atoms. The van der Waals surface area contributed by atoms with Crippen molar-refractivity contribution in [2.75, 3.05) is 26.4 Å². The fourth-order valence-corrected chi connectivity index (χ4v) is 10.2. The van der Waals surface area contributed by atoms with E-state index in [1.807, 2.05) is 57.2 Å². The van der Waals surface area contributed by atoms with Gasteiger partial charge in [-0.15, -0.1) is 0 Å². The Morgan fingerprint density at radius 1 is 0.597 bits per heavy atom. The van der Waals surface area contributed by atoms with Crippen LogP contribution in [-0.4, -0.2) is 44.0 Å². The van der Waals surface area contributed by atoms with Gasteiger partial charge in [-0.2, -0.15) is 0 Å². The van der Waals surface area contributed by atoms with Gasteiger partial charge in [0, 0.05) is 46.5 Å². The zero-order valence-electron chi connectivity index (χ0n) is 40.5. The van der Waals surface area contributed by atoms with Crippen molar-refractivity contribution >= 4 is 17.5 Å². The minimum atomic E-state index is -1.13. The molecule has 4 aromatic rings. The number of carbonyl (C=O) groups is 3. The van der Waals surface area contributed by atoms with Crippen molar-refractivity contribution in [1.29, 1.82) is 0 Å². The minimum absolute atomic E-state index is 0.00762. The topological polar surface area (TPSA) is 78.9 Å². The molecule has 0 aromatic heterocycles. The molecule has 6 heteroatoms. The quantitative estimate of drug-likeness (QED) is 0.136. The van der Waals surface area contributed by atoms with Crippen LogP contribution in [0.25, 0.3) is 0 Å². The summed E-state index contributed by atoms with van der Waals surface area (Å²) in [5.74, 6) is 0.387. The van der Waals surface area contributed by atoms with Gasteiger partial charge in [-0.25, -0.2) is 0 Å². The highest BCUT2D eigenvalue weighted by atomic mass is 16.5. The van der Waals surface area contributed by atoms with E-state index in [-0.39, 0.29) is 46.1 Å². The lowest BCUT2D eigenvalue weighted by Crippen LogP contribution is -2.46. The number of rotatable bonds is 7. The van der Waals surface area contributed by atoms with Crippen LogP contribution in [-0.2, 0) is 47.1 Å². The van der Waals surface area contributed by atoms with E-state index in [0.29, 0.717) is 17.3 Å². The first-order valence-electron chi connectivity index (χ1n) is 22.8. The Balaban J connectivity index is 0.000000157. The van der Waals surface area contributed by atoms with Crippen LogP contribution in [0.2, 0.25) is 0 Å². The third kappa shape index (κ3) is 8.27. The largest absolute Gasteiger partial charge is 0.465 e. The second kappa shape index (κ2) is 18.4. The van der Waals surface area contributed by atoms with Crippen LogP contribution in [0.4, 0.5) is 0 Å². The van der Waals surface area contributed by atoms with Gasteiger partial charge in [-0.3, -0.25) is 14.4 Å². The maximum Gasteiger partial charge on any atom is 0.320 e. The SMILES string of the molecule is CC1C(=O)c2ccccc2C1(C)C.CCOC(=O)C1(C)C(=O)c2ccccc2C1(C)C.CCOC1c2ccccc2C(C)(C)C1C.CCOCC1(C)Cc2ccccc2C1(C)C. The summed E-state index contributed by atoms with van der Waals surface area (Å²) in [5.41, 5.74) is 8.51. The summed E-state index contributed by atoms with van der Waals surface area (Å²) in [6.45, 7) is 34.4. The summed E-state index contributed by atoms with van der Waals surface area (Å²) in [5, 5.41) is 0. The number of hydrogen-bond donors (Lipinski definition) is 0. The Bertz CT molecular complexity index is 2240. The standard InChI is InChI=1S/C15H18O3.C15H22O.C14H20O.C12H14O/c1-5-18-13(17)15(4)12(16)10-8-6-7-9-11(10)14(15,2)3;1-5-16-11-15(4)10-12-8-6-7-9-13(12)14(15,2)3;1-5-15-13-10(2)14(3,4)12-9-7-6-8-11(12)13;1-8-11(13)9-6-4-5-7-10(9)12(8,2)3/h6-9H,5H2,1-4H3;6-9H,5,10-11H2,1-4H3;6-10,13H,5H2,1-4H3;4-8H,1-3H3. The molecule has 6 nitrogen and oxygen atoms in total. The first kappa shape index (κ1) is 48.6. The van der Waals surface area contributed by atoms with Crippen molar-refractivity contribution < 1.29 is 28.6 Å². The number of carbonyl (C=O) groups excluding carboxylic acids is 3. The third-order valence-corrected chi connectivity index (χ3v) is 15.9. The molecule has 0 N–H and O–H groups in total. The Labute approximate surface area is 373 Å². The minimum Gasteiger partial charge on any atom is -0.465 e. The van der Waals surface area contributed by atoms with Crippen LogP contribution in [0.3, 0.4) is 0 Å². The average molecular weight is 843 g/mol. The highest BCUT2D eigenvalue weighted by Gasteiger charge is 2.61. The molecule has 0 aliphatic heterocycles. The van der Waals surface area contributed by atoms with Crippen molar-refractivity contribution in [1.82, 2.24) is 0 Å². The van der Waals surface area contributed by atoms with Crippen LogP contribution in [0, 0.1) is 22.7 Å². The number of hydrogen-bond acceptors (Lipinski definition) is 6. The fraction of sp³-hybridized carbons (Fsp3) is 0.518. The number of ether oxygens (including phenoxy) is 3. The molecule has 0 amide bonds. The van der Waals surface area contributed by atoms with E-state index in [4.69, 9.17) is 14.2 Å². The molecule has 0 spiro atoms. The van der Waals surface area contributed by atoms with Crippen molar-refractivity contribution in [2.24, 2.45) is 22.7 Å². The van der Waals surface area contributed by atoms with E-state index in [2.05, 4.69) is 124 Å². The van der Waals surface area contributed by atoms with Gasteiger partial charge < -0.3 is 14.2 Å². The molecule has 0 heterocycles. The van der Waals surface area contributed by atoms with Crippen LogP contribution in [0.15, 0.2) is 97.1 Å². The first-order chi connectivity index (χ1) is 29.0. The molecule has 0 fully saturated rings. The third-order valence-electron chi connectivity index (χ3n) is 15.9. The highest BCUT2D eigenvalue weighted by Crippen LogP contribution is 2.53. The summed E-state index contributed by atoms with van der Waals surface area (Å²) in [7, 11) is 0. The van der Waals surface area contributed by atoms with E-state index < -0.39 is 16.8 Å². The van der Waals surface area contributed by atoms with Crippen LogP contribution in [0.5, 0.6) is 0 Å². The van der Waals surface area contributed by atoms with Gasteiger partial charge in [-0.05, 0) is 84.2 Å². The van der Waals surface area contributed by atoms with E-state index in [9.17, 15) is 14.4 Å². The van der Waals surface area contributed by atoms with Crippen molar-refractivity contribution in [3.05, 3.63) is 142 Å². The van der Waals surface area contributed by atoms with Gasteiger partial charge in [-0.1, -0.05) is 173 Å². The average Bonchev–Trinajstić information content (AvgIpc) is 3.73. The van der Waals surface area contributed by atoms with E-state index in [0.717, 1.165) is 37.4 Å². The summed E-state index contributed by atoms with van der Waals surface area (Å²) in [6.07, 6.45) is 1.41. The molecular weight excluding hydrogens is 769 g/mol. The summed E-state index contributed by atoms with van der Waals surface area (Å²) >= 11 is 0. The Kier molecular flexibility index (Phi) is 14.4. The van der Waals surface area contributed by atoms with Gasteiger partial charge >= 0.3 is 5.97 Å². The van der Waals surface area contributed by atoms with Crippen LogP contribution in [0.1, 0.15) is 164 Å². The summed E-state index contributed by atoms with van der Waals surface area (Å²) in [4.78, 5) is 36.6. The molecule has 5 atom stereocenters. The van der Waals surface area contributed by atoms with Gasteiger partial charge in [0.15, 0.2) is 11.6 Å². The van der Waals surface area contributed by atoms with Crippen molar-refractivity contribution in [2.45, 2.75) is 138 Å². The molecule has 8 rings (SSSR count). The maximum atomic E-state index is 12.5. The lowest BCUT2D eigenvalue weighted by molar-refractivity contribution is -0.154. The molecule has 0 saturated heterocycles. The molecule has 5 unspecified atom stereocenters. The van der Waals surface area contributed by atoms with Crippen LogP contribution >= 0.6 is 0 Å². The molecule has 4 aliphatic rings. The molecule has 4 aromatic carbocycles. The number of benzene rings is 4. The molecule has 334 valence electrons. The predicted molar refractivity (Wildman–Crippen MR) is 252 cm³/mol.